The van der Waals surface area contributed by atoms with Crippen LogP contribution in [0.3, 0.4) is 0 Å². The normalized spacial score (nSPS) is 14.6. The molecule has 0 aliphatic heterocycles. The van der Waals surface area contributed by atoms with Gasteiger partial charge < -0.3 is 14.6 Å². The van der Waals surface area contributed by atoms with Crippen molar-refractivity contribution in [1.82, 2.24) is 5.43 Å². The number of carbonyl (C=O) groups excluding carboxylic acids is 1. The van der Waals surface area contributed by atoms with Crippen LogP contribution < -0.4 is 14.9 Å². The maximum absolute atomic E-state index is 12.1. The monoisotopic (exact) mass is 354 g/mol. The summed E-state index contributed by atoms with van der Waals surface area (Å²) < 4.78 is 10.7. The van der Waals surface area contributed by atoms with Crippen LogP contribution in [-0.4, -0.2) is 30.4 Å². The molecular weight excluding hydrogens is 332 g/mol. The van der Waals surface area contributed by atoms with Crippen LogP contribution in [0, 0.1) is 6.92 Å². The van der Waals surface area contributed by atoms with Crippen LogP contribution >= 0.6 is 0 Å². The van der Waals surface area contributed by atoms with Gasteiger partial charge in [-0.3, -0.25) is 4.79 Å². The molecule has 6 heteroatoms. The molecule has 3 rings (SSSR count). The highest BCUT2D eigenvalue weighted by Gasteiger charge is 2.21. The predicted molar refractivity (Wildman–Crippen MR) is 99.0 cm³/mol. The first kappa shape index (κ1) is 17.8. The molecule has 26 heavy (non-hydrogen) atoms. The molecule has 2 aromatic carbocycles. The van der Waals surface area contributed by atoms with Crippen LogP contribution in [0.4, 0.5) is 0 Å². The van der Waals surface area contributed by atoms with E-state index in [2.05, 4.69) is 10.5 Å². The Morgan fingerprint density at radius 2 is 1.96 bits per heavy atom. The van der Waals surface area contributed by atoms with Gasteiger partial charge in [-0.25, -0.2) is 5.43 Å². The van der Waals surface area contributed by atoms with Crippen LogP contribution in [0.2, 0.25) is 0 Å². The number of amides is 1. The number of methoxy groups -OCH3 is 1. The zero-order chi connectivity index (χ0) is 18.5. The molecule has 0 fully saturated rings. The first-order valence-electron chi connectivity index (χ1n) is 8.53. The van der Waals surface area contributed by atoms with Gasteiger partial charge in [-0.2, -0.15) is 5.10 Å². The summed E-state index contributed by atoms with van der Waals surface area (Å²) in [6.45, 7) is 1.84. The van der Waals surface area contributed by atoms with E-state index in [1.165, 1.54) is 0 Å². The third-order valence-electron chi connectivity index (χ3n) is 4.40. The van der Waals surface area contributed by atoms with E-state index < -0.39 is 0 Å². The maximum atomic E-state index is 12.1. The molecule has 1 amide bonds. The number of phenols is 1. The molecule has 0 atom stereocenters. The molecule has 0 spiro atoms. The fourth-order valence-electron chi connectivity index (χ4n) is 3.10. The second-order valence-electron chi connectivity index (χ2n) is 6.14. The first-order chi connectivity index (χ1) is 12.6. The average Bonchev–Trinajstić information content (AvgIpc) is 2.67. The van der Waals surface area contributed by atoms with Gasteiger partial charge in [0.05, 0.1) is 12.8 Å². The summed E-state index contributed by atoms with van der Waals surface area (Å²) >= 11 is 0. The van der Waals surface area contributed by atoms with Crippen molar-refractivity contribution in [2.24, 2.45) is 5.10 Å². The molecule has 0 saturated heterocycles. The Morgan fingerprint density at radius 1 is 1.19 bits per heavy atom. The van der Waals surface area contributed by atoms with Crippen LogP contribution in [0.25, 0.3) is 0 Å². The second kappa shape index (κ2) is 7.91. The minimum absolute atomic E-state index is 0.177. The number of hydrogen-bond acceptors (Lipinski definition) is 5. The number of para-hydroxylation sites is 2. The fraction of sp³-hybridized carbons (Fsp3) is 0.300. The number of hydrogen-bond donors (Lipinski definition) is 2. The number of rotatable bonds is 5. The molecular formula is C20H22N2O4. The van der Waals surface area contributed by atoms with Gasteiger partial charge in [-0.15, -0.1) is 0 Å². The van der Waals surface area contributed by atoms with Gasteiger partial charge in [0.2, 0.25) is 0 Å². The van der Waals surface area contributed by atoms with Gasteiger partial charge in [0.25, 0.3) is 5.91 Å². The number of fused-ring (bicyclic) bond motifs is 1. The Labute approximate surface area is 152 Å². The van der Waals surface area contributed by atoms with Gasteiger partial charge in [-0.1, -0.05) is 18.2 Å². The highest BCUT2D eigenvalue weighted by atomic mass is 16.5. The standard InChI is InChI=1S/C20H22N2O4/c1-13-10-11-16(23)20-14(13)6-5-7-15(20)21-22-19(24)12-26-18-9-4-3-8-17(18)25-2/h3-4,8-11,23H,5-7,12H2,1-2H3,(H,22,24)/b21-15+. The Kier molecular flexibility index (Phi) is 5.41. The van der Waals surface area contributed by atoms with Gasteiger partial charge in [0.1, 0.15) is 5.75 Å². The second-order valence-corrected chi connectivity index (χ2v) is 6.14. The summed E-state index contributed by atoms with van der Waals surface area (Å²) in [6, 6.07) is 10.7. The summed E-state index contributed by atoms with van der Waals surface area (Å²) in [4.78, 5) is 12.1. The molecule has 1 aliphatic carbocycles. The number of carbonyl (C=O) groups is 1. The highest BCUT2D eigenvalue weighted by molar-refractivity contribution is 6.05. The molecule has 0 radical (unpaired) electrons. The van der Waals surface area contributed by atoms with Crippen LogP contribution in [0.5, 0.6) is 17.2 Å². The highest BCUT2D eigenvalue weighted by Crippen LogP contribution is 2.31. The van der Waals surface area contributed by atoms with E-state index >= 15 is 0 Å². The van der Waals surface area contributed by atoms with Gasteiger partial charge in [0, 0.05) is 5.56 Å². The summed E-state index contributed by atoms with van der Waals surface area (Å²) in [5.74, 6) is 0.883. The molecule has 136 valence electrons. The Hall–Kier alpha value is -3.02. The van der Waals surface area contributed by atoms with Crippen LogP contribution in [0.1, 0.15) is 29.5 Å². The number of benzene rings is 2. The minimum atomic E-state index is -0.373. The zero-order valence-corrected chi connectivity index (χ0v) is 14.9. The Balaban J connectivity index is 1.68. The Morgan fingerprint density at radius 3 is 2.73 bits per heavy atom. The van der Waals surface area contributed by atoms with Crippen molar-refractivity contribution in [3.05, 3.63) is 53.1 Å². The number of ether oxygens (including phenoxy) is 2. The van der Waals surface area contributed by atoms with Crippen molar-refractivity contribution in [2.75, 3.05) is 13.7 Å². The minimum Gasteiger partial charge on any atom is -0.507 e. The molecule has 1 aliphatic rings. The van der Waals surface area contributed by atoms with E-state index in [0.717, 1.165) is 29.5 Å². The molecule has 0 aromatic heterocycles. The van der Waals surface area contributed by atoms with Crippen LogP contribution in [0.15, 0.2) is 41.5 Å². The SMILES string of the molecule is COc1ccccc1OCC(=O)N/N=C1\CCCc2c(C)ccc(O)c21. The lowest BCUT2D eigenvalue weighted by Gasteiger charge is -2.21. The first-order valence-corrected chi connectivity index (χ1v) is 8.53. The van der Waals surface area contributed by atoms with Gasteiger partial charge >= 0.3 is 0 Å². The van der Waals surface area contributed by atoms with E-state index in [4.69, 9.17) is 9.47 Å². The van der Waals surface area contributed by atoms with E-state index in [-0.39, 0.29) is 18.3 Å². The Bertz CT molecular complexity index is 846. The lowest BCUT2D eigenvalue weighted by atomic mass is 9.86. The van der Waals surface area contributed by atoms with Gasteiger partial charge in [-0.05, 0) is 55.5 Å². The molecule has 0 heterocycles. The number of phenolic OH excluding ortho intramolecular Hbond substituents is 1. The molecule has 2 aromatic rings. The van der Waals surface area contributed by atoms with Crippen LogP contribution in [-0.2, 0) is 11.2 Å². The molecule has 2 N–H and O–H groups in total. The maximum Gasteiger partial charge on any atom is 0.277 e. The lowest BCUT2D eigenvalue weighted by molar-refractivity contribution is -0.123. The van der Waals surface area contributed by atoms with Crippen molar-refractivity contribution >= 4 is 11.6 Å². The third kappa shape index (κ3) is 3.79. The molecule has 0 saturated carbocycles. The number of aromatic hydroxyl groups is 1. The predicted octanol–water partition coefficient (Wildman–Crippen LogP) is 2.94. The summed E-state index contributed by atoms with van der Waals surface area (Å²) in [7, 11) is 1.54. The summed E-state index contributed by atoms with van der Waals surface area (Å²) in [5.41, 5.74) is 6.16. The third-order valence-corrected chi connectivity index (χ3v) is 4.40. The number of nitrogens with zero attached hydrogens (tertiary/aromatic N) is 1. The number of hydrazone groups is 1. The number of nitrogens with one attached hydrogen (secondary N) is 1. The van der Waals surface area contributed by atoms with Crippen molar-refractivity contribution in [1.29, 1.82) is 0 Å². The topological polar surface area (TPSA) is 80.2 Å². The van der Waals surface area contributed by atoms with E-state index in [1.54, 1.807) is 31.4 Å². The zero-order valence-electron chi connectivity index (χ0n) is 14.9. The van der Waals surface area contributed by atoms with E-state index in [1.807, 2.05) is 19.1 Å². The number of aryl methyl sites for hydroxylation is 1. The smallest absolute Gasteiger partial charge is 0.277 e. The summed E-state index contributed by atoms with van der Waals surface area (Å²) in [5, 5.41) is 14.4. The largest absolute Gasteiger partial charge is 0.507 e. The fourth-order valence-corrected chi connectivity index (χ4v) is 3.10. The molecule has 6 nitrogen and oxygen atoms in total. The van der Waals surface area contributed by atoms with Crippen molar-refractivity contribution < 1.29 is 19.4 Å². The van der Waals surface area contributed by atoms with Crippen molar-refractivity contribution in [2.45, 2.75) is 26.2 Å². The average molecular weight is 354 g/mol. The quantitative estimate of drug-likeness (QED) is 0.809. The molecule has 0 bridgehead atoms. The van der Waals surface area contributed by atoms with E-state index in [0.29, 0.717) is 23.6 Å². The van der Waals surface area contributed by atoms with E-state index in [9.17, 15) is 9.90 Å². The van der Waals surface area contributed by atoms with Gasteiger partial charge in [0.15, 0.2) is 18.1 Å². The summed E-state index contributed by atoms with van der Waals surface area (Å²) in [6.07, 6.45) is 2.54. The van der Waals surface area contributed by atoms with Crippen molar-refractivity contribution in [3.63, 3.8) is 0 Å². The lowest BCUT2D eigenvalue weighted by Crippen LogP contribution is -2.27. The van der Waals surface area contributed by atoms with Crippen molar-refractivity contribution in [3.8, 4) is 17.2 Å². The molecule has 0 unspecified atom stereocenters.